The van der Waals surface area contributed by atoms with Crippen molar-refractivity contribution in [2.24, 2.45) is 5.92 Å². The molecule has 0 spiro atoms. The normalized spacial score (nSPS) is 22.7. The van der Waals surface area contributed by atoms with Crippen molar-refractivity contribution in [1.82, 2.24) is 0 Å². The number of hydroxylamine groups is 1. The van der Waals surface area contributed by atoms with Crippen LogP contribution >= 0.6 is 11.6 Å². The molecule has 2 heterocycles. The van der Waals surface area contributed by atoms with Crippen LogP contribution in [0.5, 0.6) is 5.75 Å². The van der Waals surface area contributed by atoms with Gasteiger partial charge >= 0.3 is 0 Å². The predicted octanol–water partition coefficient (Wildman–Crippen LogP) is 4.40. The molecule has 2 aliphatic heterocycles. The molecule has 3 aromatic carbocycles. The summed E-state index contributed by atoms with van der Waals surface area (Å²) in [6.45, 7) is 0. The van der Waals surface area contributed by atoms with E-state index < -0.39 is 18.1 Å². The van der Waals surface area contributed by atoms with Crippen LogP contribution in [-0.4, -0.2) is 25.0 Å². The van der Waals surface area contributed by atoms with Gasteiger partial charge < -0.3 is 4.74 Å². The SMILES string of the molecule is COc1ccc(N2C(=O)[C@H]3[C@@H](ON(c4ccccc4)[C@H]3c3ccc(Cl)cc3)C2=O)cc1. The summed E-state index contributed by atoms with van der Waals surface area (Å²) in [5, 5.41) is 2.26. The maximum absolute atomic E-state index is 13.5. The summed E-state index contributed by atoms with van der Waals surface area (Å²) in [5.41, 5.74) is 2.11. The van der Waals surface area contributed by atoms with E-state index in [2.05, 4.69) is 0 Å². The van der Waals surface area contributed by atoms with E-state index >= 15 is 0 Å². The van der Waals surface area contributed by atoms with Crippen LogP contribution in [-0.2, 0) is 14.4 Å². The Bertz CT molecular complexity index is 1120. The summed E-state index contributed by atoms with van der Waals surface area (Å²) in [6.07, 6.45) is -0.907. The number of anilines is 2. The van der Waals surface area contributed by atoms with Crippen LogP contribution in [0, 0.1) is 5.92 Å². The van der Waals surface area contributed by atoms with Crippen molar-refractivity contribution < 1.29 is 19.2 Å². The van der Waals surface area contributed by atoms with Crippen molar-refractivity contribution in [3.63, 3.8) is 0 Å². The van der Waals surface area contributed by atoms with Gasteiger partial charge in [-0.25, -0.2) is 9.96 Å². The zero-order valence-electron chi connectivity index (χ0n) is 16.6. The van der Waals surface area contributed by atoms with Gasteiger partial charge in [-0.15, -0.1) is 0 Å². The van der Waals surface area contributed by atoms with Crippen molar-refractivity contribution in [2.45, 2.75) is 12.1 Å². The smallest absolute Gasteiger partial charge is 0.266 e. The van der Waals surface area contributed by atoms with Crippen LogP contribution in [0.4, 0.5) is 11.4 Å². The lowest BCUT2D eigenvalue weighted by Gasteiger charge is -2.28. The van der Waals surface area contributed by atoms with Gasteiger partial charge in [0.25, 0.3) is 5.91 Å². The molecule has 0 aliphatic carbocycles. The number of carbonyl (C=O) groups excluding carboxylic acids is 2. The van der Waals surface area contributed by atoms with Crippen LogP contribution < -0.4 is 14.7 Å². The number of hydrogen-bond acceptors (Lipinski definition) is 5. The molecule has 3 atom stereocenters. The third-order valence-electron chi connectivity index (χ3n) is 5.67. The molecule has 0 radical (unpaired) electrons. The lowest BCUT2D eigenvalue weighted by atomic mass is 9.90. The number of imide groups is 1. The summed E-state index contributed by atoms with van der Waals surface area (Å²) < 4.78 is 5.18. The number of hydrogen-bond donors (Lipinski definition) is 0. The zero-order chi connectivity index (χ0) is 21.5. The van der Waals surface area contributed by atoms with Crippen molar-refractivity contribution in [3.8, 4) is 5.75 Å². The number of fused-ring (bicyclic) bond motifs is 1. The Kier molecular flexibility index (Phi) is 4.88. The van der Waals surface area contributed by atoms with Crippen molar-refractivity contribution in [1.29, 1.82) is 0 Å². The maximum Gasteiger partial charge on any atom is 0.266 e. The summed E-state index contributed by atoms with van der Waals surface area (Å²) in [4.78, 5) is 34.1. The summed E-state index contributed by atoms with van der Waals surface area (Å²) in [6, 6.07) is 23.1. The van der Waals surface area contributed by atoms with E-state index in [1.54, 1.807) is 48.6 Å². The first kappa shape index (κ1) is 19.6. The molecule has 0 aromatic heterocycles. The van der Waals surface area contributed by atoms with Crippen LogP contribution in [0.25, 0.3) is 0 Å². The number of methoxy groups -OCH3 is 1. The molecule has 3 aromatic rings. The lowest BCUT2D eigenvalue weighted by Crippen LogP contribution is -2.37. The van der Waals surface area contributed by atoms with Gasteiger partial charge in [0, 0.05) is 5.02 Å². The molecule has 7 heteroatoms. The fourth-order valence-electron chi connectivity index (χ4n) is 4.20. The fourth-order valence-corrected chi connectivity index (χ4v) is 4.32. The summed E-state index contributed by atoms with van der Waals surface area (Å²) in [5.74, 6) is -0.708. The largest absolute Gasteiger partial charge is 0.497 e. The first-order valence-electron chi connectivity index (χ1n) is 9.87. The summed E-state index contributed by atoms with van der Waals surface area (Å²) >= 11 is 6.08. The Labute approximate surface area is 184 Å². The highest BCUT2D eigenvalue weighted by Gasteiger charge is 2.60. The molecule has 0 saturated carbocycles. The third-order valence-corrected chi connectivity index (χ3v) is 5.92. The monoisotopic (exact) mass is 434 g/mol. The fraction of sp³-hybridized carbons (Fsp3) is 0.167. The minimum atomic E-state index is -0.907. The molecule has 0 bridgehead atoms. The van der Waals surface area contributed by atoms with Crippen LogP contribution in [0.3, 0.4) is 0 Å². The second-order valence-electron chi connectivity index (χ2n) is 7.42. The molecule has 31 heavy (non-hydrogen) atoms. The summed E-state index contributed by atoms with van der Waals surface area (Å²) in [7, 11) is 1.56. The highest BCUT2D eigenvalue weighted by Crippen LogP contribution is 2.47. The quantitative estimate of drug-likeness (QED) is 0.570. The standard InChI is InChI=1S/C24H19ClN2O4/c1-30-19-13-11-17(12-14-19)26-23(28)20-21(15-7-9-16(25)10-8-15)27(31-22(20)24(26)29)18-5-3-2-4-6-18/h2-14,20-22H,1H3/t20-,21+,22-/m1/s1. The second-order valence-corrected chi connectivity index (χ2v) is 7.86. The second kappa shape index (κ2) is 7.72. The Morgan fingerprint density at radius 3 is 2.16 bits per heavy atom. The molecule has 0 unspecified atom stereocenters. The van der Waals surface area contributed by atoms with E-state index in [0.717, 1.165) is 11.3 Å². The topological polar surface area (TPSA) is 59.1 Å². The van der Waals surface area contributed by atoms with E-state index in [-0.39, 0.29) is 11.8 Å². The van der Waals surface area contributed by atoms with Crippen LogP contribution in [0.1, 0.15) is 11.6 Å². The van der Waals surface area contributed by atoms with Crippen LogP contribution in [0.2, 0.25) is 5.02 Å². The van der Waals surface area contributed by atoms with Gasteiger partial charge in [-0.1, -0.05) is 41.9 Å². The molecule has 0 N–H and O–H groups in total. The van der Waals surface area contributed by atoms with Gasteiger partial charge in [-0.05, 0) is 54.1 Å². The number of nitrogens with zero attached hydrogens (tertiary/aromatic N) is 2. The third kappa shape index (κ3) is 3.24. The number of amides is 2. The molecule has 2 fully saturated rings. The van der Waals surface area contributed by atoms with E-state index in [9.17, 15) is 9.59 Å². The Morgan fingerprint density at radius 1 is 0.839 bits per heavy atom. The molecule has 156 valence electrons. The Morgan fingerprint density at radius 2 is 1.52 bits per heavy atom. The van der Waals surface area contributed by atoms with Crippen molar-refractivity contribution in [2.75, 3.05) is 17.1 Å². The van der Waals surface area contributed by atoms with Gasteiger partial charge in [0.05, 0.1) is 24.5 Å². The van der Waals surface area contributed by atoms with Gasteiger partial charge in [-0.2, -0.15) is 0 Å². The van der Waals surface area contributed by atoms with Gasteiger partial charge in [0.1, 0.15) is 11.7 Å². The van der Waals surface area contributed by atoms with Crippen molar-refractivity contribution in [3.05, 3.63) is 89.4 Å². The molecule has 2 saturated heterocycles. The number of para-hydroxylation sites is 1. The molecule has 2 aliphatic rings. The number of carbonyl (C=O) groups is 2. The van der Waals surface area contributed by atoms with Crippen LogP contribution in [0.15, 0.2) is 78.9 Å². The molecular formula is C24H19ClN2O4. The first-order valence-corrected chi connectivity index (χ1v) is 10.2. The highest BCUT2D eigenvalue weighted by atomic mass is 35.5. The maximum atomic E-state index is 13.5. The van der Waals surface area contributed by atoms with E-state index in [1.807, 2.05) is 42.5 Å². The van der Waals surface area contributed by atoms with E-state index in [1.165, 1.54) is 4.90 Å². The minimum Gasteiger partial charge on any atom is -0.497 e. The van der Waals surface area contributed by atoms with Crippen molar-refractivity contribution >= 4 is 34.8 Å². The number of halogens is 1. The van der Waals surface area contributed by atoms with E-state index in [0.29, 0.717) is 16.5 Å². The average molecular weight is 435 g/mol. The highest BCUT2D eigenvalue weighted by molar-refractivity contribution is 6.30. The van der Waals surface area contributed by atoms with Gasteiger partial charge in [0.2, 0.25) is 5.91 Å². The molecule has 5 rings (SSSR count). The molecular weight excluding hydrogens is 416 g/mol. The first-order chi connectivity index (χ1) is 15.1. The van der Waals surface area contributed by atoms with Gasteiger partial charge in [-0.3, -0.25) is 14.4 Å². The van der Waals surface area contributed by atoms with E-state index in [4.69, 9.17) is 21.2 Å². The number of ether oxygens (including phenoxy) is 1. The number of rotatable bonds is 4. The Balaban J connectivity index is 1.56. The predicted molar refractivity (Wildman–Crippen MR) is 117 cm³/mol. The average Bonchev–Trinajstić information content (AvgIpc) is 3.31. The molecule has 2 amide bonds. The number of benzene rings is 3. The van der Waals surface area contributed by atoms with Gasteiger partial charge in [0.15, 0.2) is 6.10 Å². The minimum absolute atomic E-state index is 0.293. The lowest BCUT2D eigenvalue weighted by molar-refractivity contribution is -0.126. The molecule has 6 nitrogen and oxygen atoms in total. The zero-order valence-corrected chi connectivity index (χ0v) is 17.4. The Hall–Kier alpha value is -3.35.